The van der Waals surface area contributed by atoms with E-state index in [0.717, 1.165) is 0 Å². The Labute approximate surface area is 65.9 Å². The lowest BCUT2D eigenvalue weighted by Gasteiger charge is -2.24. The smallest absolute Gasteiger partial charge is 0.344 e. The van der Waals surface area contributed by atoms with Crippen LogP contribution in [0.4, 0.5) is 13.2 Å². The van der Waals surface area contributed by atoms with Crippen LogP contribution in [0.15, 0.2) is 0 Å². The topological polar surface area (TPSA) is 46.2 Å². The van der Waals surface area contributed by atoms with E-state index in [4.69, 9.17) is 0 Å². The van der Waals surface area contributed by atoms with Gasteiger partial charge in [0.2, 0.25) is 5.91 Å². The molecule has 1 atom stereocenters. The lowest BCUT2D eigenvalue weighted by atomic mass is 10.0. The molecule has 0 saturated carbocycles. The highest BCUT2D eigenvalue weighted by atomic mass is 19.4. The van der Waals surface area contributed by atoms with Crippen LogP contribution in [0.5, 0.6) is 0 Å². The highest BCUT2D eigenvalue weighted by Crippen LogP contribution is 2.24. The van der Waals surface area contributed by atoms with Crippen LogP contribution < -0.4 is 5.32 Å². The minimum Gasteiger partial charge on any atom is -0.344 e. The first-order chi connectivity index (χ1) is 5.39. The molecule has 1 aliphatic heterocycles. The van der Waals surface area contributed by atoms with Crippen molar-refractivity contribution in [2.45, 2.75) is 25.1 Å². The zero-order chi connectivity index (χ0) is 9.35. The summed E-state index contributed by atoms with van der Waals surface area (Å²) in [7, 11) is 0. The number of piperidine rings is 1. The molecule has 1 fully saturated rings. The van der Waals surface area contributed by atoms with Crippen molar-refractivity contribution in [2.75, 3.05) is 0 Å². The summed E-state index contributed by atoms with van der Waals surface area (Å²) in [5.74, 6) is -1.52. The first-order valence-electron chi connectivity index (χ1n) is 3.27. The van der Waals surface area contributed by atoms with Crippen LogP contribution in [0.1, 0.15) is 12.8 Å². The first kappa shape index (κ1) is 9.02. The van der Waals surface area contributed by atoms with E-state index in [1.807, 2.05) is 0 Å². The highest BCUT2D eigenvalue weighted by Gasteiger charge is 2.44. The summed E-state index contributed by atoms with van der Waals surface area (Å²) in [6.07, 6.45) is -5.60. The van der Waals surface area contributed by atoms with Gasteiger partial charge in [-0.1, -0.05) is 0 Å². The number of Topliss-reactive ketones (excluding diaryl/α,β-unsaturated/α-hetero) is 1. The van der Waals surface area contributed by atoms with Gasteiger partial charge in [-0.05, 0) is 0 Å². The van der Waals surface area contributed by atoms with Gasteiger partial charge in [0.05, 0.1) is 6.42 Å². The minimum absolute atomic E-state index is 0.438. The molecule has 1 saturated heterocycles. The van der Waals surface area contributed by atoms with Gasteiger partial charge >= 0.3 is 6.18 Å². The molecule has 1 rings (SSSR count). The number of carbonyl (C=O) groups is 2. The molecule has 12 heavy (non-hydrogen) atoms. The number of ketones is 1. The molecule has 1 aliphatic rings. The van der Waals surface area contributed by atoms with E-state index in [-0.39, 0.29) is 0 Å². The van der Waals surface area contributed by atoms with Crippen LogP contribution in [-0.4, -0.2) is 23.9 Å². The van der Waals surface area contributed by atoms with Crippen LogP contribution in [0.3, 0.4) is 0 Å². The number of alkyl halides is 3. The lowest BCUT2D eigenvalue weighted by molar-refractivity contribution is -0.170. The predicted molar refractivity (Wildman–Crippen MR) is 32.2 cm³/mol. The molecule has 1 amide bonds. The minimum atomic E-state index is -4.52. The third kappa shape index (κ3) is 1.96. The third-order valence-corrected chi connectivity index (χ3v) is 1.52. The fourth-order valence-electron chi connectivity index (χ4n) is 0.973. The van der Waals surface area contributed by atoms with Gasteiger partial charge < -0.3 is 5.32 Å². The van der Waals surface area contributed by atoms with Gasteiger partial charge in [0, 0.05) is 6.42 Å². The number of carbonyl (C=O) groups excluding carboxylic acids is 2. The Morgan fingerprint density at radius 3 is 2.33 bits per heavy atom. The van der Waals surface area contributed by atoms with Crippen LogP contribution in [-0.2, 0) is 9.59 Å². The van der Waals surface area contributed by atoms with E-state index < -0.39 is 36.8 Å². The Morgan fingerprint density at radius 1 is 1.33 bits per heavy atom. The molecule has 68 valence electrons. The van der Waals surface area contributed by atoms with Gasteiger partial charge in [0.15, 0.2) is 0 Å². The van der Waals surface area contributed by atoms with Crippen LogP contribution in [0.2, 0.25) is 0 Å². The van der Waals surface area contributed by atoms with E-state index in [1.54, 1.807) is 5.32 Å². The summed E-state index contributed by atoms with van der Waals surface area (Å²) in [4.78, 5) is 21.1. The van der Waals surface area contributed by atoms with E-state index >= 15 is 0 Å². The average Bonchev–Trinajstić information content (AvgIpc) is 1.82. The van der Waals surface area contributed by atoms with Crippen LogP contribution >= 0.6 is 0 Å². The molecule has 0 radical (unpaired) electrons. The first-order valence-corrected chi connectivity index (χ1v) is 3.27. The zero-order valence-corrected chi connectivity index (χ0v) is 5.94. The Balaban J connectivity index is 2.68. The van der Waals surface area contributed by atoms with E-state index in [0.29, 0.717) is 0 Å². The SMILES string of the molecule is O=C1CC(=O)N[C@@H](C(F)(F)F)C1. The van der Waals surface area contributed by atoms with Crippen LogP contribution in [0, 0.1) is 0 Å². The molecule has 0 bridgehead atoms. The maximum Gasteiger partial charge on any atom is 0.409 e. The molecule has 0 aromatic heterocycles. The maximum absolute atomic E-state index is 11.9. The molecule has 3 nitrogen and oxygen atoms in total. The quantitative estimate of drug-likeness (QED) is 0.549. The average molecular weight is 181 g/mol. The molecule has 0 unspecified atom stereocenters. The van der Waals surface area contributed by atoms with Gasteiger partial charge in [-0.3, -0.25) is 9.59 Å². The number of rotatable bonds is 0. The fraction of sp³-hybridized carbons (Fsp3) is 0.667. The van der Waals surface area contributed by atoms with Crippen molar-refractivity contribution in [1.29, 1.82) is 0 Å². The van der Waals surface area contributed by atoms with Crippen molar-refractivity contribution in [3.05, 3.63) is 0 Å². The number of amides is 1. The molecule has 0 aliphatic carbocycles. The van der Waals surface area contributed by atoms with Gasteiger partial charge in [-0.2, -0.15) is 13.2 Å². The maximum atomic E-state index is 11.9. The van der Waals surface area contributed by atoms with Gasteiger partial charge in [-0.15, -0.1) is 0 Å². The summed E-state index contributed by atoms with van der Waals surface area (Å²) in [5, 5.41) is 1.70. The molecule has 0 spiro atoms. The molecule has 1 N–H and O–H groups in total. The van der Waals surface area contributed by atoms with Crippen molar-refractivity contribution in [2.24, 2.45) is 0 Å². The van der Waals surface area contributed by atoms with Gasteiger partial charge in [0.25, 0.3) is 0 Å². The number of halogens is 3. The molecule has 1 heterocycles. The van der Waals surface area contributed by atoms with E-state index in [2.05, 4.69) is 0 Å². The Bertz CT molecular complexity index is 207. The summed E-state index contributed by atoms with van der Waals surface area (Å²) in [6, 6.07) is -1.99. The lowest BCUT2D eigenvalue weighted by Crippen LogP contribution is -2.50. The normalized spacial score (nSPS) is 25.4. The monoisotopic (exact) mass is 181 g/mol. The fourth-order valence-corrected chi connectivity index (χ4v) is 0.973. The van der Waals surface area contributed by atoms with Crippen molar-refractivity contribution >= 4 is 11.7 Å². The zero-order valence-electron chi connectivity index (χ0n) is 5.94. The Kier molecular flexibility index (Phi) is 2.08. The summed E-state index contributed by atoms with van der Waals surface area (Å²) >= 11 is 0. The van der Waals surface area contributed by atoms with E-state index in [9.17, 15) is 22.8 Å². The van der Waals surface area contributed by atoms with Crippen LogP contribution in [0.25, 0.3) is 0 Å². The molecule has 0 aromatic carbocycles. The van der Waals surface area contributed by atoms with Crippen molar-refractivity contribution < 1.29 is 22.8 Å². The van der Waals surface area contributed by atoms with Crippen molar-refractivity contribution in [1.82, 2.24) is 5.32 Å². The molecular formula is C6H6F3NO2. The largest absolute Gasteiger partial charge is 0.409 e. The Morgan fingerprint density at radius 2 is 1.92 bits per heavy atom. The third-order valence-electron chi connectivity index (χ3n) is 1.52. The summed E-state index contributed by atoms with van der Waals surface area (Å²) in [6.45, 7) is 0. The molecular weight excluding hydrogens is 175 g/mol. The van der Waals surface area contributed by atoms with E-state index in [1.165, 1.54) is 0 Å². The predicted octanol–water partition coefficient (Wildman–Crippen LogP) is 0.396. The summed E-state index contributed by atoms with van der Waals surface area (Å²) in [5.41, 5.74) is 0. The molecule has 6 heteroatoms. The second kappa shape index (κ2) is 2.76. The number of hydrogen-bond donors (Lipinski definition) is 1. The van der Waals surface area contributed by atoms with Crippen molar-refractivity contribution in [3.63, 3.8) is 0 Å². The highest BCUT2D eigenvalue weighted by molar-refractivity contribution is 6.00. The number of nitrogens with one attached hydrogen (secondary N) is 1. The van der Waals surface area contributed by atoms with Gasteiger partial charge in [-0.25, -0.2) is 0 Å². The number of hydrogen-bond acceptors (Lipinski definition) is 2. The van der Waals surface area contributed by atoms with Crippen molar-refractivity contribution in [3.8, 4) is 0 Å². The summed E-state index contributed by atoms with van der Waals surface area (Å²) < 4.78 is 35.8. The molecule has 0 aromatic rings. The Hall–Kier alpha value is -1.07. The second-order valence-electron chi connectivity index (χ2n) is 2.58. The van der Waals surface area contributed by atoms with Gasteiger partial charge in [0.1, 0.15) is 11.8 Å². The second-order valence-corrected chi connectivity index (χ2v) is 2.58. The standard InChI is InChI=1S/C6H6F3NO2/c7-6(8,9)4-1-3(11)2-5(12)10-4/h4H,1-2H2,(H,10,12)/t4-/m1/s1.